The summed E-state index contributed by atoms with van der Waals surface area (Å²) < 4.78 is 0. The van der Waals surface area contributed by atoms with E-state index in [-0.39, 0.29) is 18.1 Å². The Kier molecular flexibility index (Phi) is 4.00. The van der Waals surface area contributed by atoms with Crippen LogP contribution in [0.3, 0.4) is 0 Å². The number of benzene rings is 2. The minimum Gasteiger partial charge on any atom is -0.507 e. The number of hydrogen-bond acceptors (Lipinski definition) is 3. The third kappa shape index (κ3) is 2.63. The molecule has 20 heavy (non-hydrogen) atoms. The van der Waals surface area contributed by atoms with E-state index in [1.54, 1.807) is 6.07 Å². The Balaban J connectivity index is 2.50. The summed E-state index contributed by atoms with van der Waals surface area (Å²) in [5.74, 6) is 0.384. The molecule has 0 radical (unpaired) electrons. The van der Waals surface area contributed by atoms with Gasteiger partial charge in [-0.15, -0.1) is 0 Å². The van der Waals surface area contributed by atoms with Crippen LogP contribution < -0.4 is 0 Å². The zero-order chi connectivity index (χ0) is 14.9. The van der Waals surface area contributed by atoms with Gasteiger partial charge < -0.3 is 15.3 Å². The van der Waals surface area contributed by atoms with Gasteiger partial charge in [-0.2, -0.15) is 0 Å². The van der Waals surface area contributed by atoms with Gasteiger partial charge >= 0.3 is 0 Å². The van der Waals surface area contributed by atoms with Crippen LogP contribution in [0.2, 0.25) is 0 Å². The molecule has 2 rings (SSSR count). The van der Waals surface area contributed by atoms with Crippen molar-refractivity contribution in [3.63, 3.8) is 0 Å². The highest BCUT2D eigenvalue weighted by Gasteiger charge is 2.13. The minimum absolute atomic E-state index is 0.110. The number of aromatic hydroxyl groups is 2. The topological polar surface area (TPSA) is 60.7 Å². The Labute approximate surface area is 119 Å². The van der Waals surface area contributed by atoms with E-state index in [0.29, 0.717) is 12.0 Å². The van der Waals surface area contributed by atoms with Crippen molar-refractivity contribution in [1.29, 1.82) is 0 Å². The van der Waals surface area contributed by atoms with Crippen molar-refractivity contribution >= 4 is 0 Å². The predicted octanol–water partition coefficient (Wildman–Crippen LogP) is 3.11. The van der Waals surface area contributed by atoms with Crippen molar-refractivity contribution in [3.8, 4) is 11.5 Å². The second-order valence-electron chi connectivity index (χ2n) is 5.29. The van der Waals surface area contributed by atoms with Crippen LogP contribution in [0.4, 0.5) is 0 Å². The highest BCUT2D eigenvalue weighted by Crippen LogP contribution is 2.32. The molecule has 0 bridgehead atoms. The molecular weight excluding hydrogens is 252 g/mol. The predicted molar refractivity (Wildman–Crippen MR) is 79.2 cm³/mol. The maximum atomic E-state index is 10.2. The summed E-state index contributed by atoms with van der Waals surface area (Å²) in [6.45, 7) is 5.52. The second-order valence-corrected chi connectivity index (χ2v) is 5.29. The molecule has 3 nitrogen and oxygen atoms in total. The van der Waals surface area contributed by atoms with Gasteiger partial charge in [-0.05, 0) is 37.5 Å². The van der Waals surface area contributed by atoms with E-state index in [0.717, 1.165) is 27.8 Å². The molecule has 106 valence electrons. The van der Waals surface area contributed by atoms with E-state index in [2.05, 4.69) is 0 Å². The Hall–Kier alpha value is -2.00. The molecular formula is C17H20O3. The molecule has 0 saturated carbocycles. The number of phenols is 2. The van der Waals surface area contributed by atoms with Crippen molar-refractivity contribution < 1.29 is 15.3 Å². The first-order valence-electron chi connectivity index (χ1n) is 6.64. The van der Waals surface area contributed by atoms with Crippen LogP contribution in [0.5, 0.6) is 11.5 Å². The molecule has 0 amide bonds. The van der Waals surface area contributed by atoms with Crippen LogP contribution in [0.15, 0.2) is 24.3 Å². The molecule has 0 aromatic heterocycles. The Morgan fingerprint density at radius 3 is 2.10 bits per heavy atom. The lowest BCUT2D eigenvalue weighted by Gasteiger charge is -2.14. The Morgan fingerprint density at radius 2 is 1.45 bits per heavy atom. The van der Waals surface area contributed by atoms with Crippen molar-refractivity contribution in [2.75, 3.05) is 0 Å². The molecule has 3 N–H and O–H groups in total. The molecule has 0 aliphatic heterocycles. The van der Waals surface area contributed by atoms with Crippen LogP contribution in [0.1, 0.15) is 33.4 Å². The Morgan fingerprint density at radius 1 is 0.850 bits per heavy atom. The third-order valence-corrected chi connectivity index (χ3v) is 3.67. The van der Waals surface area contributed by atoms with Crippen LogP contribution in [-0.2, 0) is 13.0 Å². The first-order chi connectivity index (χ1) is 9.43. The molecule has 0 heterocycles. The normalized spacial score (nSPS) is 10.8. The fraction of sp³-hybridized carbons (Fsp3) is 0.294. The lowest BCUT2D eigenvalue weighted by molar-refractivity contribution is 0.275. The first-order valence-corrected chi connectivity index (χ1v) is 6.64. The van der Waals surface area contributed by atoms with Gasteiger partial charge in [0.25, 0.3) is 0 Å². The quantitative estimate of drug-likeness (QED) is 0.804. The van der Waals surface area contributed by atoms with Crippen molar-refractivity contribution in [3.05, 3.63) is 57.6 Å². The van der Waals surface area contributed by atoms with E-state index in [1.807, 2.05) is 39.0 Å². The van der Waals surface area contributed by atoms with Crippen LogP contribution in [-0.4, -0.2) is 15.3 Å². The van der Waals surface area contributed by atoms with Gasteiger partial charge in [0.1, 0.15) is 11.5 Å². The van der Waals surface area contributed by atoms with Gasteiger partial charge in [0.05, 0.1) is 6.61 Å². The summed E-state index contributed by atoms with van der Waals surface area (Å²) in [7, 11) is 0. The maximum Gasteiger partial charge on any atom is 0.124 e. The monoisotopic (exact) mass is 272 g/mol. The maximum absolute atomic E-state index is 10.2. The summed E-state index contributed by atoms with van der Waals surface area (Å²) in [5.41, 5.74) is 4.84. The molecule has 0 atom stereocenters. The summed E-state index contributed by atoms with van der Waals surface area (Å²) in [6, 6.07) is 7.49. The van der Waals surface area contributed by atoms with E-state index in [4.69, 9.17) is 0 Å². The van der Waals surface area contributed by atoms with Gasteiger partial charge in [-0.3, -0.25) is 0 Å². The van der Waals surface area contributed by atoms with E-state index >= 15 is 0 Å². The largest absolute Gasteiger partial charge is 0.507 e. The molecule has 0 saturated heterocycles. The average molecular weight is 272 g/mol. The molecule has 0 fully saturated rings. The summed E-state index contributed by atoms with van der Waals surface area (Å²) in [4.78, 5) is 0. The molecule has 0 unspecified atom stereocenters. The second kappa shape index (κ2) is 5.55. The van der Waals surface area contributed by atoms with Gasteiger partial charge in [0.2, 0.25) is 0 Å². The fourth-order valence-electron chi connectivity index (χ4n) is 2.46. The molecule has 3 heteroatoms. The van der Waals surface area contributed by atoms with E-state index in [1.165, 1.54) is 0 Å². The van der Waals surface area contributed by atoms with Crippen LogP contribution >= 0.6 is 0 Å². The van der Waals surface area contributed by atoms with Crippen LogP contribution in [0.25, 0.3) is 0 Å². The standard InChI is InChI=1S/C17H20O3/c1-10-6-13(17(20)14(7-10)9-18)8-15-11(2)4-5-12(3)16(15)19/h4-7,18-20H,8-9H2,1-3H3. The summed E-state index contributed by atoms with van der Waals surface area (Å²) in [5, 5.41) is 29.7. The number of aryl methyl sites for hydroxylation is 3. The fourth-order valence-corrected chi connectivity index (χ4v) is 2.46. The van der Waals surface area contributed by atoms with Gasteiger partial charge in [0, 0.05) is 17.5 Å². The van der Waals surface area contributed by atoms with Gasteiger partial charge in [-0.25, -0.2) is 0 Å². The van der Waals surface area contributed by atoms with Crippen molar-refractivity contribution in [1.82, 2.24) is 0 Å². The Bertz CT molecular complexity index is 645. The minimum atomic E-state index is -0.195. The van der Waals surface area contributed by atoms with Crippen molar-refractivity contribution in [2.45, 2.75) is 33.8 Å². The highest BCUT2D eigenvalue weighted by atomic mass is 16.3. The highest BCUT2D eigenvalue weighted by molar-refractivity contribution is 5.51. The lowest BCUT2D eigenvalue weighted by atomic mass is 9.94. The average Bonchev–Trinajstić information content (AvgIpc) is 2.42. The van der Waals surface area contributed by atoms with Crippen molar-refractivity contribution in [2.24, 2.45) is 0 Å². The number of aliphatic hydroxyl groups is 1. The van der Waals surface area contributed by atoms with Gasteiger partial charge in [-0.1, -0.05) is 29.8 Å². The SMILES string of the molecule is Cc1cc(CO)c(O)c(Cc2c(C)ccc(C)c2O)c1. The molecule has 2 aromatic rings. The van der Waals surface area contributed by atoms with Gasteiger partial charge in [0.15, 0.2) is 0 Å². The van der Waals surface area contributed by atoms with Crippen LogP contribution in [0, 0.1) is 20.8 Å². The molecule has 0 spiro atoms. The smallest absolute Gasteiger partial charge is 0.124 e. The number of phenolic OH excluding ortho intramolecular Hbond substituents is 1. The van der Waals surface area contributed by atoms with E-state index < -0.39 is 0 Å². The number of aliphatic hydroxyl groups excluding tert-OH is 1. The molecule has 0 aliphatic rings. The molecule has 2 aromatic carbocycles. The zero-order valence-electron chi connectivity index (χ0n) is 12.1. The van der Waals surface area contributed by atoms with E-state index in [9.17, 15) is 15.3 Å². The third-order valence-electron chi connectivity index (χ3n) is 3.67. The summed E-state index contributed by atoms with van der Waals surface area (Å²) in [6.07, 6.45) is 0.444. The number of rotatable bonds is 3. The summed E-state index contributed by atoms with van der Waals surface area (Å²) >= 11 is 0. The number of hydrogen-bond donors (Lipinski definition) is 3. The molecule has 0 aliphatic carbocycles. The first kappa shape index (κ1) is 14.4. The zero-order valence-corrected chi connectivity index (χ0v) is 12.1. The lowest BCUT2D eigenvalue weighted by Crippen LogP contribution is -1.98.